The Hall–Kier alpha value is -2.00. The van der Waals surface area contributed by atoms with E-state index >= 15 is 0 Å². The first-order chi connectivity index (χ1) is 12.4. The van der Waals surface area contributed by atoms with Crippen molar-refractivity contribution in [3.05, 3.63) is 46.7 Å². The fraction of sp³-hybridized carbons (Fsp3) is 0.353. The Kier molecular flexibility index (Phi) is 5.57. The van der Waals surface area contributed by atoms with Gasteiger partial charge in [-0.15, -0.1) is 0 Å². The van der Waals surface area contributed by atoms with Crippen LogP contribution in [0.5, 0.6) is 0 Å². The van der Waals surface area contributed by atoms with E-state index in [0.29, 0.717) is 38.2 Å². The van der Waals surface area contributed by atoms with Gasteiger partial charge in [-0.1, -0.05) is 12.1 Å². The minimum absolute atomic E-state index is 0.0680. The smallest absolute Gasteiger partial charge is 0.341 e. The number of sulfone groups is 1. The van der Waals surface area contributed by atoms with E-state index in [4.69, 9.17) is 0 Å². The van der Waals surface area contributed by atoms with E-state index in [2.05, 4.69) is 0 Å². The Morgan fingerprint density at radius 2 is 1.85 bits per heavy atom. The number of carbonyl (C=O) groups excluding carboxylic acids is 1. The van der Waals surface area contributed by atoms with Crippen LogP contribution in [0.3, 0.4) is 0 Å². The molecule has 9 heteroatoms. The molecule has 26 heavy (non-hydrogen) atoms. The molecule has 1 aromatic heterocycles. The maximum Gasteiger partial charge on any atom is 0.341 e. The van der Waals surface area contributed by atoms with Gasteiger partial charge in [0.15, 0.2) is 0 Å². The first-order valence-corrected chi connectivity index (χ1v) is 10.6. The van der Waals surface area contributed by atoms with Crippen molar-refractivity contribution in [1.29, 1.82) is 0 Å². The quantitative estimate of drug-likeness (QED) is 0.791. The third kappa shape index (κ3) is 3.73. The average molecular weight is 400 g/mol. The lowest BCUT2D eigenvalue weighted by Crippen LogP contribution is -2.35. The van der Waals surface area contributed by atoms with E-state index in [1.54, 1.807) is 27.3 Å². The zero-order valence-corrected chi connectivity index (χ0v) is 15.5. The summed E-state index contributed by atoms with van der Waals surface area (Å²) in [4.78, 5) is 15.6. The molecule has 140 valence electrons. The highest BCUT2D eigenvalue weighted by Gasteiger charge is 2.31. The van der Waals surface area contributed by atoms with Gasteiger partial charge in [-0.3, -0.25) is 4.79 Å². The molecule has 3 rings (SSSR count). The molecule has 1 aliphatic rings. The van der Waals surface area contributed by atoms with Gasteiger partial charge < -0.3 is 9.80 Å². The molecule has 1 amide bonds. The second-order valence-electron chi connectivity index (χ2n) is 5.92. The van der Waals surface area contributed by atoms with Crippen LogP contribution in [-0.4, -0.2) is 51.2 Å². The van der Waals surface area contributed by atoms with Gasteiger partial charge in [0.2, 0.25) is 9.84 Å². The van der Waals surface area contributed by atoms with Crippen molar-refractivity contribution in [2.24, 2.45) is 0 Å². The number of nitrogens with zero attached hydrogens (tertiary/aromatic N) is 2. The van der Waals surface area contributed by atoms with E-state index in [1.807, 2.05) is 5.38 Å². The first-order valence-electron chi connectivity index (χ1n) is 8.09. The number of alkyl halides is 2. The number of thiophene rings is 1. The number of para-hydroxylation sites is 1. The van der Waals surface area contributed by atoms with Crippen molar-refractivity contribution in [2.45, 2.75) is 17.1 Å². The lowest BCUT2D eigenvalue weighted by atomic mass is 10.2. The Balaban J connectivity index is 1.81. The third-order valence-corrected chi connectivity index (χ3v) is 6.41. The molecule has 0 radical (unpaired) electrons. The number of rotatable bonds is 4. The summed E-state index contributed by atoms with van der Waals surface area (Å²) >= 11 is 1.45. The number of halogens is 2. The summed E-state index contributed by atoms with van der Waals surface area (Å²) in [6, 6.07) is 7.56. The summed E-state index contributed by atoms with van der Waals surface area (Å²) in [5.74, 6) is -3.53. The predicted octanol–water partition coefficient (Wildman–Crippen LogP) is 3.10. The number of hydrogen-bond acceptors (Lipinski definition) is 5. The summed E-state index contributed by atoms with van der Waals surface area (Å²) in [5.41, 5.74) is 0.891. The highest BCUT2D eigenvalue weighted by molar-refractivity contribution is 7.91. The van der Waals surface area contributed by atoms with Crippen LogP contribution in [0.1, 0.15) is 16.8 Å². The minimum atomic E-state index is -4.69. The summed E-state index contributed by atoms with van der Waals surface area (Å²) in [7, 11) is -4.69. The van der Waals surface area contributed by atoms with Crippen molar-refractivity contribution in [3.8, 4) is 0 Å². The van der Waals surface area contributed by atoms with Crippen LogP contribution < -0.4 is 4.90 Å². The molecule has 0 atom stereocenters. The van der Waals surface area contributed by atoms with Crippen molar-refractivity contribution in [1.82, 2.24) is 4.90 Å². The fourth-order valence-corrected chi connectivity index (χ4v) is 4.56. The number of anilines is 1. The molecule has 0 unspecified atom stereocenters. The second kappa shape index (κ2) is 7.71. The van der Waals surface area contributed by atoms with Crippen molar-refractivity contribution >= 4 is 32.8 Å². The van der Waals surface area contributed by atoms with Gasteiger partial charge in [0.1, 0.15) is 0 Å². The van der Waals surface area contributed by atoms with Gasteiger partial charge >= 0.3 is 5.76 Å². The van der Waals surface area contributed by atoms with Gasteiger partial charge in [-0.25, -0.2) is 8.42 Å². The largest absolute Gasteiger partial charge is 0.369 e. The van der Waals surface area contributed by atoms with E-state index in [-0.39, 0.29) is 16.5 Å². The lowest BCUT2D eigenvalue weighted by Gasteiger charge is -2.25. The molecule has 1 fully saturated rings. The molecule has 1 saturated heterocycles. The number of carbonyl (C=O) groups is 1. The number of benzene rings is 1. The van der Waals surface area contributed by atoms with Gasteiger partial charge in [-0.2, -0.15) is 20.1 Å². The van der Waals surface area contributed by atoms with Crippen LogP contribution in [0.4, 0.5) is 14.5 Å². The zero-order chi connectivity index (χ0) is 18.7. The maximum atomic E-state index is 13.0. The Bertz CT molecular complexity index is 870. The summed E-state index contributed by atoms with van der Waals surface area (Å²) in [6.07, 6.45) is 0.624. The highest BCUT2D eigenvalue weighted by Crippen LogP contribution is 2.30. The summed E-state index contributed by atoms with van der Waals surface area (Å²) in [5, 5.41) is 3.62. The molecule has 2 heterocycles. The molecule has 5 nitrogen and oxygen atoms in total. The minimum Gasteiger partial charge on any atom is -0.369 e. The molecule has 1 aliphatic heterocycles. The molecular formula is C17H18F2N2O3S2. The predicted molar refractivity (Wildman–Crippen MR) is 96.7 cm³/mol. The number of hydrogen-bond donors (Lipinski definition) is 0. The topological polar surface area (TPSA) is 57.7 Å². The fourth-order valence-electron chi connectivity index (χ4n) is 2.99. The SMILES string of the molecule is O=C(c1ccsc1)N1CCCN(c2ccccc2S(=O)(=O)C(F)F)CC1. The molecule has 0 N–H and O–H groups in total. The van der Waals surface area contributed by atoms with Crippen molar-refractivity contribution < 1.29 is 22.0 Å². The van der Waals surface area contributed by atoms with Crippen LogP contribution in [0, 0.1) is 0 Å². The molecule has 1 aromatic carbocycles. The van der Waals surface area contributed by atoms with E-state index in [0.717, 1.165) is 0 Å². The standard InChI is InChI=1S/C17H18F2N2O3S2/c18-17(19)26(23,24)15-5-2-1-4-14(15)20-7-3-8-21(10-9-20)16(22)13-6-11-25-12-13/h1-2,4-6,11-12,17H,3,7-10H2. The molecular weight excluding hydrogens is 382 g/mol. The van der Waals surface area contributed by atoms with Crippen LogP contribution >= 0.6 is 11.3 Å². The van der Waals surface area contributed by atoms with Crippen molar-refractivity contribution in [3.63, 3.8) is 0 Å². The van der Waals surface area contributed by atoms with Gasteiger partial charge in [0, 0.05) is 31.6 Å². The first kappa shape index (κ1) is 18.8. The average Bonchev–Trinajstić information content (AvgIpc) is 3.05. The van der Waals surface area contributed by atoms with Crippen LogP contribution in [0.25, 0.3) is 0 Å². The van der Waals surface area contributed by atoms with Crippen molar-refractivity contribution in [2.75, 3.05) is 31.1 Å². The molecule has 0 saturated carbocycles. The molecule has 2 aromatic rings. The van der Waals surface area contributed by atoms with Crippen LogP contribution in [0.15, 0.2) is 46.0 Å². The third-order valence-electron chi connectivity index (χ3n) is 4.30. The van der Waals surface area contributed by atoms with Gasteiger partial charge in [-0.05, 0) is 30.0 Å². The Morgan fingerprint density at radius 1 is 1.08 bits per heavy atom. The maximum absolute atomic E-state index is 13.0. The highest BCUT2D eigenvalue weighted by atomic mass is 32.2. The normalized spacial score (nSPS) is 16.0. The van der Waals surface area contributed by atoms with E-state index in [1.165, 1.54) is 29.5 Å². The molecule has 0 aliphatic carbocycles. The second-order valence-corrected chi connectivity index (χ2v) is 8.58. The van der Waals surface area contributed by atoms with Gasteiger partial charge in [0.25, 0.3) is 5.91 Å². The van der Waals surface area contributed by atoms with E-state index < -0.39 is 15.6 Å². The summed E-state index contributed by atoms with van der Waals surface area (Å²) < 4.78 is 49.9. The zero-order valence-electron chi connectivity index (χ0n) is 13.8. The van der Waals surface area contributed by atoms with E-state index in [9.17, 15) is 22.0 Å². The Labute approximate surface area is 154 Å². The molecule has 0 spiro atoms. The Morgan fingerprint density at radius 3 is 2.54 bits per heavy atom. The summed E-state index contributed by atoms with van der Waals surface area (Å²) in [6.45, 7) is 1.81. The van der Waals surface area contributed by atoms with Crippen LogP contribution in [0.2, 0.25) is 0 Å². The lowest BCUT2D eigenvalue weighted by molar-refractivity contribution is 0.0767. The monoisotopic (exact) mass is 400 g/mol. The van der Waals surface area contributed by atoms with Crippen LogP contribution in [-0.2, 0) is 9.84 Å². The van der Waals surface area contributed by atoms with Gasteiger partial charge in [0.05, 0.1) is 16.1 Å². The molecule has 0 bridgehead atoms. The number of amides is 1.